The molecular formula is C14H9BrN2O3. The molecule has 2 aromatic heterocycles. The second kappa shape index (κ2) is 4.64. The van der Waals surface area contributed by atoms with E-state index in [0.717, 1.165) is 0 Å². The predicted molar refractivity (Wildman–Crippen MR) is 78.0 cm³/mol. The van der Waals surface area contributed by atoms with E-state index in [9.17, 15) is 15.1 Å². The third-order valence-electron chi connectivity index (χ3n) is 2.99. The van der Waals surface area contributed by atoms with Gasteiger partial charge in [-0.3, -0.25) is 4.79 Å². The van der Waals surface area contributed by atoms with Crippen molar-refractivity contribution >= 4 is 27.0 Å². The SMILES string of the molecule is O=c1c(-c2ccccc2)c(O)c2cc(Br)cnc2n1O. The molecule has 0 saturated heterocycles. The zero-order valence-electron chi connectivity index (χ0n) is 10.1. The van der Waals surface area contributed by atoms with E-state index in [2.05, 4.69) is 20.9 Å². The molecule has 3 aromatic rings. The average molecular weight is 333 g/mol. The van der Waals surface area contributed by atoms with Crippen molar-refractivity contribution in [1.29, 1.82) is 0 Å². The molecule has 0 radical (unpaired) electrons. The third-order valence-corrected chi connectivity index (χ3v) is 3.43. The highest BCUT2D eigenvalue weighted by Crippen LogP contribution is 2.32. The summed E-state index contributed by atoms with van der Waals surface area (Å²) in [7, 11) is 0. The van der Waals surface area contributed by atoms with Crippen LogP contribution in [0.1, 0.15) is 0 Å². The highest BCUT2D eigenvalue weighted by atomic mass is 79.9. The molecule has 0 fully saturated rings. The quantitative estimate of drug-likeness (QED) is 0.672. The van der Waals surface area contributed by atoms with Crippen molar-refractivity contribution in [2.24, 2.45) is 0 Å². The van der Waals surface area contributed by atoms with Crippen LogP contribution in [0.4, 0.5) is 0 Å². The second-order valence-electron chi connectivity index (χ2n) is 4.23. The number of fused-ring (bicyclic) bond motifs is 1. The van der Waals surface area contributed by atoms with E-state index < -0.39 is 5.56 Å². The Bertz CT molecular complexity index is 860. The summed E-state index contributed by atoms with van der Waals surface area (Å²) in [5, 5.41) is 20.6. The maximum atomic E-state index is 12.2. The summed E-state index contributed by atoms with van der Waals surface area (Å²) in [4.78, 5) is 16.1. The van der Waals surface area contributed by atoms with Crippen LogP contribution < -0.4 is 5.56 Å². The number of hydrogen-bond donors (Lipinski definition) is 2. The van der Waals surface area contributed by atoms with Crippen molar-refractivity contribution in [3.8, 4) is 16.9 Å². The Hall–Kier alpha value is -2.34. The van der Waals surface area contributed by atoms with Gasteiger partial charge in [-0.05, 0) is 27.6 Å². The number of hydrogen-bond acceptors (Lipinski definition) is 4. The number of rotatable bonds is 1. The van der Waals surface area contributed by atoms with E-state index in [-0.39, 0.29) is 17.0 Å². The van der Waals surface area contributed by atoms with Gasteiger partial charge >= 0.3 is 0 Å². The molecule has 0 saturated carbocycles. The molecule has 2 heterocycles. The molecule has 20 heavy (non-hydrogen) atoms. The van der Waals surface area contributed by atoms with E-state index in [1.54, 1.807) is 36.4 Å². The van der Waals surface area contributed by atoms with Crippen LogP contribution in [-0.2, 0) is 0 Å². The summed E-state index contributed by atoms with van der Waals surface area (Å²) in [6.45, 7) is 0. The van der Waals surface area contributed by atoms with Crippen LogP contribution in [0.25, 0.3) is 22.2 Å². The predicted octanol–water partition coefficient (Wildman–Crippen LogP) is 2.77. The third kappa shape index (κ3) is 1.85. The molecular weight excluding hydrogens is 324 g/mol. The maximum absolute atomic E-state index is 12.2. The van der Waals surface area contributed by atoms with Gasteiger partial charge in [0, 0.05) is 10.7 Å². The van der Waals surface area contributed by atoms with Crippen LogP contribution in [0.2, 0.25) is 0 Å². The molecule has 0 amide bonds. The van der Waals surface area contributed by atoms with Crippen LogP contribution in [-0.4, -0.2) is 20.0 Å². The molecule has 0 aliphatic carbocycles. The van der Waals surface area contributed by atoms with Gasteiger partial charge in [-0.2, -0.15) is 0 Å². The van der Waals surface area contributed by atoms with Gasteiger partial charge in [0.25, 0.3) is 5.56 Å². The number of aromatic hydroxyl groups is 1. The molecule has 0 spiro atoms. The van der Waals surface area contributed by atoms with Crippen LogP contribution in [0, 0.1) is 0 Å². The fraction of sp³-hybridized carbons (Fsp3) is 0. The molecule has 100 valence electrons. The largest absolute Gasteiger partial charge is 0.506 e. The summed E-state index contributed by atoms with van der Waals surface area (Å²) in [6, 6.07) is 10.3. The van der Waals surface area contributed by atoms with E-state index >= 15 is 0 Å². The highest BCUT2D eigenvalue weighted by Gasteiger charge is 2.18. The number of halogens is 1. The van der Waals surface area contributed by atoms with Crippen molar-refractivity contribution in [2.75, 3.05) is 0 Å². The van der Waals surface area contributed by atoms with Gasteiger partial charge in [0.1, 0.15) is 5.75 Å². The Morgan fingerprint density at radius 2 is 1.90 bits per heavy atom. The van der Waals surface area contributed by atoms with Gasteiger partial charge in [-0.15, -0.1) is 4.73 Å². The number of aromatic nitrogens is 2. The molecule has 0 unspecified atom stereocenters. The average Bonchev–Trinajstić information content (AvgIpc) is 2.46. The lowest BCUT2D eigenvalue weighted by Gasteiger charge is -2.10. The molecule has 5 nitrogen and oxygen atoms in total. The van der Waals surface area contributed by atoms with Gasteiger partial charge < -0.3 is 10.3 Å². The molecule has 6 heteroatoms. The van der Waals surface area contributed by atoms with E-state index in [1.165, 1.54) is 6.20 Å². The lowest BCUT2D eigenvalue weighted by atomic mass is 10.0. The van der Waals surface area contributed by atoms with Crippen molar-refractivity contribution in [1.82, 2.24) is 9.71 Å². The van der Waals surface area contributed by atoms with Crippen LogP contribution >= 0.6 is 15.9 Å². The lowest BCUT2D eigenvalue weighted by molar-refractivity contribution is 0.186. The van der Waals surface area contributed by atoms with Crippen molar-refractivity contribution < 1.29 is 10.3 Å². The van der Waals surface area contributed by atoms with Crippen LogP contribution in [0.5, 0.6) is 5.75 Å². The molecule has 0 aliphatic heterocycles. The first kappa shape index (κ1) is 12.7. The molecule has 0 aliphatic rings. The van der Waals surface area contributed by atoms with Crippen molar-refractivity contribution in [2.45, 2.75) is 0 Å². The summed E-state index contributed by atoms with van der Waals surface area (Å²) in [5.74, 6) is -0.199. The summed E-state index contributed by atoms with van der Waals surface area (Å²) in [6.07, 6.45) is 1.44. The second-order valence-corrected chi connectivity index (χ2v) is 5.15. The highest BCUT2D eigenvalue weighted by molar-refractivity contribution is 9.10. The fourth-order valence-electron chi connectivity index (χ4n) is 2.08. The molecule has 0 atom stereocenters. The first-order valence-corrected chi connectivity index (χ1v) is 6.57. The minimum atomic E-state index is -0.712. The lowest BCUT2D eigenvalue weighted by Crippen LogP contribution is -2.20. The molecule has 0 bridgehead atoms. The van der Waals surface area contributed by atoms with Crippen LogP contribution in [0.15, 0.2) is 51.9 Å². The van der Waals surface area contributed by atoms with Gasteiger partial charge in [-0.1, -0.05) is 30.3 Å². The van der Waals surface area contributed by atoms with Gasteiger partial charge in [-0.25, -0.2) is 4.98 Å². The zero-order valence-corrected chi connectivity index (χ0v) is 11.7. The van der Waals surface area contributed by atoms with E-state index in [1.807, 2.05) is 0 Å². The van der Waals surface area contributed by atoms with Crippen molar-refractivity contribution in [3.63, 3.8) is 0 Å². The fourth-order valence-corrected chi connectivity index (χ4v) is 2.41. The first-order chi connectivity index (χ1) is 9.59. The van der Waals surface area contributed by atoms with E-state index in [0.29, 0.717) is 20.2 Å². The minimum Gasteiger partial charge on any atom is -0.506 e. The van der Waals surface area contributed by atoms with Crippen molar-refractivity contribution in [3.05, 3.63) is 57.4 Å². The van der Waals surface area contributed by atoms with Crippen LogP contribution in [0.3, 0.4) is 0 Å². The summed E-state index contributed by atoms with van der Waals surface area (Å²) >= 11 is 3.25. The minimum absolute atomic E-state index is 0.00961. The molecule has 2 N–H and O–H groups in total. The van der Waals surface area contributed by atoms with Gasteiger partial charge in [0.15, 0.2) is 5.65 Å². The Kier molecular flexibility index (Phi) is 2.94. The van der Waals surface area contributed by atoms with Gasteiger partial charge in [0.2, 0.25) is 0 Å². The first-order valence-electron chi connectivity index (χ1n) is 5.77. The Labute approximate surface area is 121 Å². The number of pyridine rings is 2. The zero-order chi connectivity index (χ0) is 14.3. The smallest absolute Gasteiger partial charge is 0.296 e. The van der Waals surface area contributed by atoms with Gasteiger partial charge in [0.05, 0.1) is 10.9 Å². The summed E-state index contributed by atoms with van der Waals surface area (Å²) < 4.78 is 1.09. The van der Waals surface area contributed by atoms with E-state index in [4.69, 9.17) is 0 Å². The molecule has 1 aromatic carbocycles. The number of nitrogens with zero attached hydrogens (tertiary/aromatic N) is 2. The number of benzene rings is 1. The Balaban J connectivity index is 2.48. The Morgan fingerprint density at radius 3 is 2.60 bits per heavy atom. The summed E-state index contributed by atoms with van der Waals surface area (Å²) in [5.41, 5.74) is -0.133. The topological polar surface area (TPSA) is 75.3 Å². The normalized spacial score (nSPS) is 10.8. The maximum Gasteiger partial charge on any atom is 0.296 e. The molecule has 3 rings (SSSR count). The standard InChI is InChI=1S/C14H9BrN2O3/c15-9-6-10-12(18)11(8-4-2-1-3-5-8)14(19)17(20)13(10)16-7-9/h1-7,18,20H. The Morgan fingerprint density at radius 1 is 1.20 bits per heavy atom. The monoisotopic (exact) mass is 332 g/mol.